The van der Waals surface area contributed by atoms with Crippen LogP contribution in [-0.2, 0) is 9.59 Å². The molecule has 5 heteroatoms. The predicted octanol–water partition coefficient (Wildman–Crippen LogP) is -0.976. The number of hydrogen-bond acceptors (Lipinski definition) is 3. The van der Waals surface area contributed by atoms with Crippen LogP contribution in [0.3, 0.4) is 0 Å². The van der Waals surface area contributed by atoms with Crippen molar-refractivity contribution in [3.63, 3.8) is 0 Å². The van der Waals surface area contributed by atoms with Gasteiger partial charge >= 0.3 is 0 Å². The molecule has 2 N–H and O–H groups in total. The molecule has 0 saturated carbocycles. The summed E-state index contributed by atoms with van der Waals surface area (Å²) in [5.74, 6) is -0.291. The van der Waals surface area contributed by atoms with Gasteiger partial charge in [0.15, 0.2) is 0 Å². The summed E-state index contributed by atoms with van der Waals surface area (Å²) in [5, 5.41) is 0. The molecule has 1 heterocycles. The maximum absolute atomic E-state index is 11.4. The van der Waals surface area contributed by atoms with E-state index >= 15 is 0 Å². The van der Waals surface area contributed by atoms with Crippen LogP contribution in [0.5, 0.6) is 0 Å². The molecule has 1 unspecified atom stereocenters. The summed E-state index contributed by atoms with van der Waals surface area (Å²) in [6.07, 6.45) is 0.659. The summed E-state index contributed by atoms with van der Waals surface area (Å²) in [5.41, 5.74) is 5.25. The van der Waals surface area contributed by atoms with Gasteiger partial charge in [-0.2, -0.15) is 0 Å². The number of carbonyl (C=O) groups excluding carboxylic acids is 2. The van der Waals surface area contributed by atoms with Crippen LogP contribution >= 0.6 is 0 Å². The van der Waals surface area contributed by atoms with Crippen LogP contribution in [-0.4, -0.2) is 54.3 Å². The third-order valence-corrected chi connectivity index (χ3v) is 2.64. The van der Waals surface area contributed by atoms with Crippen molar-refractivity contribution in [2.24, 2.45) is 5.73 Å². The van der Waals surface area contributed by atoms with E-state index in [9.17, 15) is 9.59 Å². The maximum atomic E-state index is 11.4. The number of primary amides is 1. The van der Waals surface area contributed by atoms with Crippen molar-refractivity contribution >= 4 is 11.8 Å². The molecule has 1 aliphatic heterocycles. The van der Waals surface area contributed by atoms with Gasteiger partial charge in [0.05, 0.1) is 12.6 Å². The molecule has 0 aromatic rings. The highest BCUT2D eigenvalue weighted by Crippen LogP contribution is 2.08. The summed E-state index contributed by atoms with van der Waals surface area (Å²) < 4.78 is 0. The molecule has 1 saturated heterocycles. The lowest BCUT2D eigenvalue weighted by Crippen LogP contribution is -2.55. The minimum absolute atomic E-state index is 0.0518. The standard InChI is InChI=1S/C9H17N3O2/c1-3-7(9(10)14)12-5-4-11(2)8(13)6-12/h7H,3-6H2,1-2H3,(H2,10,14). The Bertz CT molecular complexity index is 242. The fourth-order valence-electron chi connectivity index (χ4n) is 1.68. The first-order chi connectivity index (χ1) is 6.56. The van der Waals surface area contributed by atoms with Gasteiger partial charge in [0, 0.05) is 20.1 Å². The summed E-state index contributed by atoms with van der Waals surface area (Å²) in [4.78, 5) is 26.0. The highest BCUT2D eigenvalue weighted by molar-refractivity contribution is 5.83. The van der Waals surface area contributed by atoms with E-state index in [1.165, 1.54) is 0 Å². The van der Waals surface area contributed by atoms with Gasteiger partial charge in [-0.3, -0.25) is 14.5 Å². The third kappa shape index (κ3) is 2.23. The van der Waals surface area contributed by atoms with Crippen LogP contribution in [0.1, 0.15) is 13.3 Å². The Kier molecular flexibility index (Phi) is 3.46. The molecule has 0 bridgehead atoms. The molecule has 0 radical (unpaired) electrons. The number of likely N-dealkylation sites (N-methyl/N-ethyl adjacent to an activating group) is 1. The van der Waals surface area contributed by atoms with E-state index in [0.717, 1.165) is 6.54 Å². The fourth-order valence-corrected chi connectivity index (χ4v) is 1.68. The van der Waals surface area contributed by atoms with Crippen LogP contribution in [0.2, 0.25) is 0 Å². The second-order valence-corrected chi connectivity index (χ2v) is 3.61. The molecule has 5 nitrogen and oxygen atoms in total. The molecule has 2 amide bonds. The topological polar surface area (TPSA) is 66.6 Å². The molecule has 1 aliphatic rings. The summed E-state index contributed by atoms with van der Waals surface area (Å²) >= 11 is 0. The SMILES string of the molecule is CCC(C(N)=O)N1CCN(C)C(=O)C1. The molecule has 0 aromatic heterocycles. The molecule has 14 heavy (non-hydrogen) atoms. The van der Waals surface area contributed by atoms with Crippen LogP contribution < -0.4 is 5.73 Å². The van der Waals surface area contributed by atoms with Crippen molar-refractivity contribution < 1.29 is 9.59 Å². The zero-order valence-corrected chi connectivity index (χ0v) is 8.69. The van der Waals surface area contributed by atoms with E-state index in [-0.39, 0.29) is 17.9 Å². The fraction of sp³-hybridized carbons (Fsp3) is 0.778. The highest BCUT2D eigenvalue weighted by atomic mass is 16.2. The van der Waals surface area contributed by atoms with Crippen molar-refractivity contribution in [2.45, 2.75) is 19.4 Å². The molecule has 0 aromatic carbocycles. The molecule has 0 spiro atoms. The van der Waals surface area contributed by atoms with Crippen molar-refractivity contribution in [3.8, 4) is 0 Å². The first kappa shape index (κ1) is 11.0. The quantitative estimate of drug-likeness (QED) is 0.635. The number of piperazine rings is 1. The van der Waals surface area contributed by atoms with Gasteiger partial charge in [-0.05, 0) is 6.42 Å². The van der Waals surface area contributed by atoms with Crippen molar-refractivity contribution in [1.29, 1.82) is 0 Å². The smallest absolute Gasteiger partial charge is 0.236 e. The Hall–Kier alpha value is -1.10. The zero-order chi connectivity index (χ0) is 10.7. The highest BCUT2D eigenvalue weighted by Gasteiger charge is 2.28. The Labute approximate surface area is 83.8 Å². The number of rotatable bonds is 3. The van der Waals surface area contributed by atoms with Gasteiger partial charge in [-0.1, -0.05) is 6.92 Å². The Morgan fingerprint density at radius 3 is 2.64 bits per heavy atom. The van der Waals surface area contributed by atoms with Crippen molar-refractivity contribution in [1.82, 2.24) is 9.80 Å². The van der Waals surface area contributed by atoms with Crippen molar-refractivity contribution in [3.05, 3.63) is 0 Å². The molecular formula is C9H17N3O2. The van der Waals surface area contributed by atoms with Crippen LogP contribution in [0.4, 0.5) is 0 Å². The number of hydrogen-bond donors (Lipinski definition) is 1. The van der Waals surface area contributed by atoms with Gasteiger partial charge in [0.2, 0.25) is 11.8 Å². The van der Waals surface area contributed by atoms with E-state index < -0.39 is 0 Å². The molecule has 1 fully saturated rings. The van der Waals surface area contributed by atoms with Gasteiger partial charge in [0.25, 0.3) is 0 Å². The average Bonchev–Trinajstić information content (AvgIpc) is 2.11. The Morgan fingerprint density at radius 2 is 2.21 bits per heavy atom. The van der Waals surface area contributed by atoms with Crippen LogP contribution in [0.25, 0.3) is 0 Å². The molecular weight excluding hydrogens is 182 g/mol. The van der Waals surface area contributed by atoms with Gasteiger partial charge in [-0.25, -0.2) is 0 Å². The third-order valence-electron chi connectivity index (χ3n) is 2.64. The van der Waals surface area contributed by atoms with Crippen LogP contribution in [0, 0.1) is 0 Å². The molecule has 80 valence electrons. The number of amides is 2. The minimum atomic E-state index is -0.343. The first-order valence-electron chi connectivity index (χ1n) is 4.83. The Morgan fingerprint density at radius 1 is 1.57 bits per heavy atom. The largest absolute Gasteiger partial charge is 0.368 e. The second-order valence-electron chi connectivity index (χ2n) is 3.61. The monoisotopic (exact) mass is 199 g/mol. The van der Waals surface area contributed by atoms with Crippen LogP contribution in [0.15, 0.2) is 0 Å². The van der Waals surface area contributed by atoms with E-state index in [0.29, 0.717) is 19.5 Å². The minimum Gasteiger partial charge on any atom is -0.368 e. The van der Waals surface area contributed by atoms with E-state index in [4.69, 9.17) is 5.73 Å². The van der Waals surface area contributed by atoms with E-state index in [1.54, 1.807) is 11.9 Å². The van der Waals surface area contributed by atoms with Crippen molar-refractivity contribution in [2.75, 3.05) is 26.7 Å². The predicted molar refractivity (Wildman–Crippen MR) is 52.5 cm³/mol. The van der Waals surface area contributed by atoms with Gasteiger partial charge < -0.3 is 10.6 Å². The number of nitrogens with two attached hydrogens (primary N) is 1. The normalized spacial score (nSPS) is 21.0. The van der Waals surface area contributed by atoms with Gasteiger partial charge in [-0.15, -0.1) is 0 Å². The zero-order valence-electron chi connectivity index (χ0n) is 8.69. The van der Waals surface area contributed by atoms with Gasteiger partial charge in [0.1, 0.15) is 0 Å². The summed E-state index contributed by atoms with van der Waals surface area (Å²) in [6.45, 7) is 3.60. The Balaban J connectivity index is 2.61. The molecule has 1 rings (SSSR count). The summed E-state index contributed by atoms with van der Waals surface area (Å²) in [7, 11) is 1.77. The van der Waals surface area contributed by atoms with E-state index in [1.807, 2.05) is 11.8 Å². The number of carbonyl (C=O) groups is 2. The lowest BCUT2D eigenvalue weighted by Gasteiger charge is -2.35. The average molecular weight is 199 g/mol. The second kappa shape index (κ2) is 4.41. The summed E-state index contributed by atoms with van der Waals surface area (Å²) in [6, 6.07) is -0.298. The number of nitrogens with zero attached hydrogens (tertiary/aromatic N) is 2. The maximum Gasteiger partial charge on any atom is 0.236 e. The molecule has 0 aliphatic carbocycles. The van der Waals surface area contributed by atoms with E-state index in [2.05, 4.69) is 0 Å². The first-order valence-corrected chi connectivity index (χ1v) is 4.83. The molecule has 1 atom stereocenters. The lowest BCUT2D eigenvalue weighted by molar-refractivity contribution is -0.137. The lowest BCUT2D eigenvalue weighted by atomic mass is 10.1.